The zero-order chi connectivity index (χ0) is 18.0. The van der Waals surface area contributed by atoms with Gasteiger partial charge in [0.15, 0.2) is 5.96 Å². The summed E-state index contributed by atoms with van der Waals surface area (Å²) in [5.41, 5.74) is 1.13. The van der Waals surface area contributed by atoms with Gasteiger partial charge in [0.1, 0.15) is 5.75 Å². The maximum Gasteiger partial charge on any atom is 0.191 e. The fourth-order valence-electron chi connectivity index (χ4n) is 2.65. The van der Waals surface area contributed by atoms with Gasteiger partial charge in [0.2, 0.25) is 0 Å². The summed E-state index contributed by atoms with van der Waals surface area (Å²) in [6, 6.07) is 10.1. The maximum atomic E-state index is 5.97. The minimum absolute atomic E-state index is 0. The Morgan fingerprint density at radius 2 is 2.11 bits per heavy atom. The fourth-order valence-corrected chi connectivity index (χ4v) is 2.65. The van der Waals surface area contributed by atoms with E-state index in [2.05, 4.69) is 28.7 Å². The highest BCUT2D eigenvalue weighted by molar-refractivity contribution is 14.0. The van der Waals surface area contributed by atoms with Crippen molar-refractivity contribution in [2.45, 2.75) is 39.3 Å². The van der Waals surface area contributed by atoms with E-state index in [1.165, 1.54) is 12.8 Å². The summed E-state index contributed by atoms with van der Waals surface area (Å²) >= 11 is 0. The molecule has 0 bridgehead atoms. The summed E-state index contributed by atoms with van der Waals surface area (Å²) in [5.74, 6) is 2.54. The van der Waals surface area contributed by atoms with Crippen molar-refractivity contribution in [1.29, 1.82) is 0 Å². The Bertz CT molecular complexity index is 685. The number of ether oxygens (including phenoxy) is 1. The smallest absolute Gasteiger partial charge is 0.191 e. The van der Waals surface area contributed by atoms with Crippen molar-refractivity contribution in [2.24, 2.45) is 10.9 Å². The summed E-state index contributed by atoms with van der Waals surface area (Å²) in [6.07, 6.45) is 7.38. The number of hydrogen-bond acceptors (Lipinski definition) is 3. The van der Waals surface area contributed by atoms with E-state index in [-0.39, 0.29) is 24.0 Å². The fraction of sp³-hybridized carbons (Fsp3) is 0.500. The Kier molecular flexibility index (Phi) is 9.44. The number of guanidine groups is 1. The molecule has 1 aromatic heterocycles. The normalized spacial score (nSPS) is 13.7. The van der Waals surface area contributed by atoms with E-state index in [1.807, 2.05) is 41.3 Å². The first-order valence-corrected chi connectivity index (χ1v) is 9.55. The number of aliphatic imine (C=N–C) groups is 1. The quantitative estimate of drug-likeness (QED) is 0.235. The molecule has 2 aromatic rings. The van der Waals surface area contributed by atoms with Crippen molar-refractivity contribution in [3.63, 3.8) is 0 Å². The van der Waals surface area contributed by atoms with E-state index in [1.54, 1.807) is 0 Å². The van der Waals surface area contributed by atoms with Crippen LogP contribution >= 0.6 is 24.0 Å². The molecule has 0 amide bonds. The molecular weight excluding hydrogens is 453 g/mol. The summed E-state index contributed by atoms with van der Waals surface area (Å²) in [6.45, 7) is 6.10. The van der Waals surface area contributed by atoms with E-state index in [0.29, 0.717) is 6.54 Å². The first-order chi connectivity index (χ1) is 12.8. The highest BCUT2D eigenvalue weighted by Crippen LogP contribution is 2.30. The molecule has 0 spiro atoms. The van der Waals surface area contributed by atoms with Gasteiger partial charge in [0.25, 0.3) is 0 Å². The largest absolute Gasteiger partial charge is 0.493 e. The van der Waals surface area contributed by atoms with Gasteiger partial charge in [-0.3, -0.25) is 4.68 Å². The molecule has 0 aliphatic heterocycles. The van der Waals surface area contributed by atoms with Gasteiger partial charge in [-0.05, 0) is 44.2 Å². The lowest BCUT2D eigenvalue weighted by atomic mass is 10.2. The molecule has 2 N–H and O–H groups in total. The number of benzene rings is 1. The zero-order valence-corrected chi connectivity index (χ0v) is 18.3. The van der Waals surface area contributed by atoms with Crippen molar-refractivity contribution < 1.29 is 4.74 Å². The van der Waals surface area contributed by atoms with Gasteiger partial charge in [0, 0.05) is 37.6 Å². The highest BCUT2D eigenvalue weighted by atomic mass is 127. The third-order valence-corrected chi connectivity index (χ3v) is 4.31. The van der Waals surface area contributed by atoms with E-state index in [9.17, 15) is 0 Å². The second kappa shape index (κ2) is 11.8. The van der Waals surface area contributed by atoms with Crippen LogP contribution in [-0.4, -0.2) is 35.4 Å². The Labute approximate surface area is 178 Å². The molecule has 0 unspecified atom stereocenters. The Hall–Kier alpha value is -1.77. The average molecular weight is 483 g/mol. The number of nitrogens with one attached hydrogen (secondary N) is 2. The van der Waals surface area contributed by atoms with Gasteiger partial charge in [-0.1, -0.05) is 18.2 Å². The Morgan fingerprint density at radius 1 is 1.26 bits per heavy atom. The first-order valence-electron chi connectivity index (χ1n) is 9.55. The van der Waals surface area contributed by atoms with Crippen LogP contribution in [0.2, 0.25) is 0 Å². The SMILES string of the molecule is CCNC(=NCc1ccccc1OCC1CC1)NCCCn1cccn1.I. The average Bonchev–Trinajstić information content (AvgIpc) is 3.35. The van der Waals surface area contributed by atoms with Crippen LogP contribution in [0.1, 0.15) is 31.7 Å². The predicted octanol–water partition coefficient (Wildman–Crippen LogP) is 3.44. The molecule has 0 atom stereocenters. The van der Waals surface area contributed by atoms with Crippen LogP contribution in [-0.2, 0) is 13.1 Å². The van der Waals surface area contributed by atoms with E-state index < -0.39 is 0 Å². The topological polar surface area (TPSA) is 63.5 Å². The molecule has 1 saturated carbocycles. The van der Waals surface area contributed by atoms with Crippen LogP contribution in [0.25, 0.3) is 0 Å². The summed E-state index contributed by atoms with van der Waals surface area (Å²) in [7, 11) is 0. The molecule has 1 aliphatic carbocycles. The Morgan fingerprint density at radius 3 is 2.85 bits per heavy atom. The van der Waals surface area contributed by atoms with E-state index in [0.717, 1.165) is 55.9 Å². The molecule has 1 fully saturated rings. The van der Waals surface area contributed by atoms with Crippen LogP contribution in [0.15, 0.2) is 47.7 Å². The summed E-state index contributed by atoms with van der Waals surface area (Å²) in [4.78, 5) is 4.71. The van der Waals surface area contributed by atoms with Gasteiger partial charge < -0.3 is 15.4 Å². The second-order valence-corrected chi connectivity index (χ2v) is 6.61. The monoisotopic (exact) mass is 483 g/mol. The minimum Gasteiger partial charge on any atom is -0.493 e. The number of nitrogens with zero attached hydrogens (tertiary/aromatic N) is 3. The van der Waals surface area contributed by atoms with Crippen LogP contribution in [0.4, 0.5) is 0 Å². The summed E-state index contributed by atoms with van der Waals surface area (Å²) in [5, 5.41) is 10.9. The lowest BCUT2D eigenvalue weighted by molar-refractivity contribution is 0.297. The molecule has 148 valence electrons. The van der Waals surface area contributed by atoms with Crippen molar-refractivity contribution in [1.82, 2.24) is 20.4 Å². The number of halogens is 1. The molecule has 1 aliphatic rings. The maximum absolute atomic E-state index is 5.97. The molecule has 27 heavy (non-hydrogen) atoms. The van der Waals surface area contributed by atoms with Crippen LogP contribution < -0.4 is 15.4 Å². The molecular formula is C20H30IN5O. The number of aromatic nitrogens is 2. The molecule has 7 heteroatoms. The van der Waals surface area contributed by atoms with Gasteiger partial charge in [-0.2, -0.15) is 5.10 Å². The number of para-hydroxylation sites is 1. The van der Waals surface area contributed by atoms with Crippen LogP contribution in [0.3, 0.4) is 0 Å². The molecule has 0 saturated heterocycles. The molecule has 6 nitrogen and oxygen atoms in total. The van der Waals surface area contributed by atoms with Gasteiger partial charge in [-0.25, -0.2) is 4.99 Å². The lowest BCUT2D eigenvalue weighted by Crippen LogP contribution is -2.38. The number of aryl methyl sites for hydroxylation is 1. The van der Waals surface area contributed by atoms with Gasteiger partial charge in [-0.15, -0.1) is 24.0 Å². The van der Waals surface area contributed by atoms with Gasteiger partial charge >= 0.3 is 0 Å². The van der Waals surface area contributed by atoms with Crippen molar-refractivity contribution in [2.75, 3.05) is 19.7 Å². The summed E-state index contributed by atoms with van der Waals surface area (Å²) < 4.78 is 7.92. The van der Waals surface area contributed by atoms with E-state index >= 15 is 0 Å². The predicted molar refractivity (Wildman–Crippen MR) is 120 cm³/mol. The minimum atomic E-state index is 0. The zero-order valence-electron chi connectivity index (χ0n) is 15.9. The van der Waals surface area contributed by atoms with Gasteiger partial charge in [0.05, 0.1) is 13.2 Å². The van der Waals surface area contributed by atoms with Crippen LogP contribution in [0, 0.1) is 5.92 Å². The van der Waals surface area contributed by atoms with Crippen molar-refractivity contribution in [3.8, 4) is 5.75 Å². The molecule has 1 heterocycles. The molecule has 0 radical (unpaired) electrons. The number of rotatable bonds is 10. The van der Waals surface area contributed by atoms with Crippen molar-refractivity contribution in [3.05, 3.63) is 48.3 Å². The second-order valence-electron chi connectivity index (χ2n) is 6.61. The number of hydrogen-bond donors (Lipinski definition) is 2. The molecule has 1 aromatic carbocycles. The highest BCUT2D eigenvalue weighted by Gasteiger charge is 2.22. The Balaban J connectivity index is 0.00000261. The van der Waals surface area contributed by atoms with E-state index in [4.69, 9.17) is 9.73 Å². The first kappa shape index (κ1) is 21.5. The van der Waals surface area contributed by atoms with Crippen LogP contribution in [0.5, 0.6) is 5.75 Å². The van der Waals surface area contributed by atoms with Crippen molar-refractivity contribution >= 4 is 29.9 Å². The molecule has 3 rings (SSSR count). The lowest BCUT2D eigenvalue weighted by Gasteiger charge is -2.13. The third kappa shape index (κ3) is 7.78. The standard InChI is InChI=1S/C20H29N5O.HI/c1-2-21-20(22-11-5-13-25-14-6-12-24-25)23-15-18-7-3-4-8-19(18)26-16-17-9-10-17;/h3-4,6-8,12,14,17H,2,5,9-11,13,15-16H2,1H3,(H2,21,22,23);1H. The third-order valence-electron chi connectivity index (χ3n) is 4.31.